The van der Waals surface area contributed by atoms with E-state index in [0.717, 1.165) is 44.1 Å². The van der Waals surface area contributed by atoms with Crippen molar-refractivity contribution in [3.63, 3.8) is 0 Å². The molecule has 4 rings (SSSR count). The Morgan fingerprint density at radius 1 is 1.08 bits per heavy atom. The number of hydrogen-bond acceptors (Lipinski definition) is 5. The van der Waals surface area contributed by atoms with Crippen LogP contribution in [0.4, 0.5) is 5.69 Å². The molecule has 1 aliphatic heterocycles. The summed E-state index contributed by atoms with van der Waals surface area (Å²) < 4.78 is 0. The molecule has 3 aromatic rings. The molecule has 0 aromatic carbocycles. The number of aromatic nitrogens is 3. The van der Waals surface area contributed by atoms with Gasteiger partial charge in [0.05, 0.1) is 10.6 Å². The highest BCUT2D eigenvalue weighted by molar-refractivity contribution is 7.15. The summed E-state index contributed by atoms with van der Waals surface area (Å²) in [6.45, 7) is 7.52. The van der Waals surface area contributed by atoms with Crippen LogP contribution in [0.1, 0.15) is 17.0 Å². The van der Waals surface area contributed by atoms with E-state index in [-0.39, 0.29) is 0 Å². The summed E-state index contributed by atoms with van der Waals surface area (Å²) in [7, 11) is 0. The third-order valence-corrected chi connectivity index (χ3v) is 5.74. The van der Waals surface area contributed by atoms with Gasteiger partial charge in [0.2, 0.25) is 0 Å². The number of anilines is 1. The van der Waals surface area contributed by atoms with E-state index in [2.05, 4.69) is 56.2 Å². The van der Waals surface area contributed by atoms with Crippen LogP contribution in [0.3, 0.4) is 0 Å². The standard InChI is InChI=1S/C19H23N5S/c1-15-13-16(5-7-20-15)24-10-2-9-23(11-12-24)14-17-3-4-19(25-17)18-6-8-21-22-18/h3-8,13H,2,9-12,14H2,1H3,(H,21,22). The summed E-state index contributed by atoms with van der Waals surface area (Å²) >= 11 is 1.86. The number of nitrogens with one attached hydrogen (secondary N) is 1. The fourth-order valence-corrected chi connectivity index (χ4v) is 4.36. The zero-order valence-corrected chi connectivity index (χ0v) is 15.3. The summed E-state index contributed by atoms with van der Waals surface area (Å²) in [5, 5.41) is 7.08. The molecule has 1 aliphatic rings. The zero-order chi connectivity index (χ0) is 17.1. The minimum absolute atomic E-state index is 1.03. The van der Waals surface area contributed by atoms with Crippen molar-refractivity contribution in [3.05, 3.63) is 53.3 Å². The van der Waals surface area contributed by atoms with Crippen LogP contribution in [0.15, 0.2) is 42.7 Å². The molecule has 1 N–H and O–H groups in total. The summed E-state index contributed by atoms with van der Waals surface area (Å²) in [5.41, 5.74) is 3.49. The molecule has 25 heavy (non-hydrogen) atoms. The molecular weight excluding hydrogens is 330 g/mol. The van der Waals surface area contributed by atoms with E-state index in [9.17, 15) is 0 Å². The highest BCUT2D eigenvalue weighted by atomic mass is 32.1. The van der Waals surface area contributed by atoms with Crippen molar-refractivity contribution < 1.29 is 0 Å². The second kappa shape index (κ2) is 7.37. The lowest BCUT2D eigenvalue weighted by Crippen LogP contribution is -2.30. The monoisotopic (exact) mass is 353 g/mol. The predicted molar refractivity (Wildman–Crippen MR) is 103 cm³/mol. The third kappa shape index (κ3) is 3.91. The second-order valence-electron chi connectivity index (χ2n) is 6.51. The Balaban J connectivity index is 1.38. The van der Waals surface area contributed by atoms with Crippen molar-refractivity contribution in [1.82, 2.24) is 20.1 Å². The minimum Gasteiger partial charge on any atom is -0.370 e. The molecule has 0 saturated carbocycles. The van der Waals surface area contributed by atoms with Gasteiger partial charge in [-0.1, -0.05) is 0 Å². The van der Waals surface area contributed by atoms with Crippen LogP contribution in [0, 0.1) is 6.92 Å². The van der Waals surface area contributed by atoms with E-state index in [1.54, 1.807) is 6.20 Å². The predicted octanol–water partition coefficient (Wildman–Crippen LogP) is 3.55. The highest BCUT2D eigenvalue weighted by Crippen LogP contribution is 2.27. The Hall–Kier alpha value is -2.18. The van der Waals surface area contributed by atoms with Crippen molar-refractivity contribution in [2.75, 3.05) is 31.1 Å². The summed E-state index contributed by atoms with van der Waals surface area (Å²) in [6, 6.07) is 10.8. The van der Waals surface area contributed by atoms with Gasteiger partial charge in [0.15, 0.2) is 0 Å². The van der Waals surface area contributed by atoms with E-state index in [1.165, 1.54) is 21.9 Å². The number of nitrogens with zero attached hydrogens (tertiary/aromatic N) is 4. The van der Waals surface area contributed by atoms with Gasteiger partial charge in [0, 0.05) is 61.4 Å². The first-order valence-corrected chi connectivity index (χ1v) is 9.58. The van der Waals surface area contributed by atoms with Crippen molar-refractivity contribution in [2.24, 2.45) is 0 Å². The molecule has 3 aromatic heterocycles. The molecule has 0 radical (unpaired) electrons. The van der Waals surface area contributed by atoms with Crippen LogP contribution in [-0.4, -0.2) is 46.3 Å². The van der Waals surface area contributed by atoms with Crippen molar-refractivity contribution in [3.8, 4) is 10.6 Å². The average molecular weight is 353 g/mol. The largest absolute Gasteiger partial charge is 0.370 e. The molecule has 0 aliphatic carbocycles. The first-order valence-electron chi connectivity index (χ1n) is 8.76. The van der Waals surface area contributed by atoms with Crippen LogP contribution in [0.2, 0.25) is 0 Å². The van der Waals surface area contributed by atoms with Gasteiger partial charge >= 0.3 is 0 Å². The third-order valence-electron chi connectivity index (χ3n) is 4.64. The van der Waals surface area contributed by atoms with Gasteiger partial charge in [-0.25, -0.2) is 0 Å². The molecule has 4 heterocycles. The van der Waals surface area contributed by atoms with Crippen LogP contribution < -0.4 is 4.90 Å². The van der Waals surface area contributed by atoms with E-state index in [0.29, 0.717) is 0 Å². The van der Waals surface area contributed by atoms with Gasteiger partial charge in [-0.15, -0.1) is 11.3 Å². The Bertz CT molecular complexity index is 811. The first kappa shape index (κ1) is 16.3. The van der Waals surface area contributed by atoms with Crippen LogP contribution in [-0.2, 0) is 6.54 Å². The Kier molecular flexibility index (Phi) is 4.81. The molecule has 0 spiro atoms. The summed E-state index contributed by atoms with van der Waals surface area (Å²) in [5.74, 6) is 0. The van der Waals surface area contributed by atoms with Gasteiger partial charge in [-0.2, -0.15) is 5.10 Å². The lowest BCUT2D eigenvalue weighted by Gasteiger charge is -2.23. The highest BCUT2D eigenvalue weighted by Gasteiger charge is 2.16. The average Bonchev–Trinajstić information content (AvgIpc) is 3.24. The molecule has 1 saturated heterocycles. The number of H-pyrrole nitrogens is 1. The minimum atomic E-state index is 1.03. The summed E-state index contributed by atoms with van der Waals surface area (Å²) in [4.78, 5) is 12.0. The maximum absolute atomic E-state index is 4.31. The van der Waals surface area contributed by atoms with Crippen LogP contribution in [0.5, 0.6) is 0 Å². The van der Waals surface area contributed by atoms with Gasteiger partial charge in [0.1, 0.15) is 0 Å². The molecule has 0 amide bonds. The normalized spacial score (nSPS) is 16.1. The van der Waals surface area contributed by atoms with Crippen molar-refractivity contribution in [2.45, 2.75) is 19.9 Å². The van der Waals surface area contributed by atoms with Crippen LogP contribution in [0.25, 0.3) is 10.6 Å². The number of hydrogen-bond donors (Lipinski definition) is 1. The van der Waals surface area contributed by atoms with Gasteiger partial charge < -0.3 is 4.90 Å². The van der Waals surface area contributed by atoms with E-state index >= 15 is 0 Å². The molecule has 0 unspecified atom stereocenters. The fourth-order valence-electron chi connectivity index (χ4n) is 3.34. The van der Waals surface area contributed by atoms with Gasteiger partial charge in [-0.3, -0.25) is 15.0 Å². The molecule has 0 bridgehead atoms. The number of aromatic amines is 1. The molecule has 0 atom stereocenters. The second-order valence-corrected chi connectivity index (χ2v) is 7.68. The molecule has 5 nitrogen and oxygen atoms in total. The van der Waals surface area contributed by atoms with E-state index < -0.39 is 0 Å². The Morgan fingerprint density at radius 3 is 2.88 bits per heavy atom. The van der Waals surface area contributed by atoms with Crippen molar-refractivity contribution >= 4 is 17.0 Å². The van der Waals surface area contributed by atoms with E-state index in [4.69, 9.17) is 0 Å². The van der Waals surface area contributed by atoms with Crippen molar-refractivity contribution in [1.29, 1.82) is 0 Å². The topological polar surface area (TPSA) is 48.0 Å². The zero-order valence-electron chi connectivity index (χ0n) is 14.5. The number of pyridine rings is 1. The number of thiophene rings is 1. The van der Waals surface area contributed by atoms with Gasteiger partial charge in [-0.05, 0) is 43.7 Å². The molecule has 6 heteroatoms. The van der Waals surface area contributed by atoms with E-state index in [1.807, 2.05) is 23.6 Å². The lowest BCUT2D eigenvalue weighted by atomic mass is 10.3. The Morgan fingerprint density at radius 2 is 2.04 bits per heavy atom. The smallest absolute Gasteiger partial charge is 0.0749 e. The Labute approximate surface area is 152 Å². The van der Waals surface area contributed by atoms with Gasteiger partial charge in [0.25, 0.3) is 0 Å². The maximum Gasteiger partial charge on any atom is 0.0749 e. The lowest BCUT2D eigenvalue weighted by molar-refractivity contribution is 0.288. The van der Waals surface area contributed by atoms with Crippen LogP contribution >= 0.6 is 11.3 Å². The number of rotatable bonds is 4. The quantitative estimate of drug-likeness (QED) is 0.779. The molecular formula is C19H23N5S. The fraction of sp³-hybridized carbons (Fsp3) is 0.368. The first-order chi connectivity index (χ1) is 12.3. The maximum atomic E-state index is 4.31. The molecule has 1 fully saturated rings. The number of aryl methyl sites for hydroxylation is 1. The summed E-state index contributed by atoms with van der Waals surface area (Å²) in [6.07, 6.45) is 4.91. The SMILES string of the molecule is Cc1cc(N2CCCN(Cc3ccc(-c4ccn[nH]4)s3)CC2)ccn1. The molecule has 130 valence electrons.